The molecule has 4 N–H and O–H groups in total. The summed E-state index contributed by atoms with van der Waals surface area (Å²) in [5, 5.41) is 16.4. The molecule has 1 unspecified atom stereocenters. The fourth-order valence-corrected chi connectivity index (χ4v) is 5.46. The maximum Gasteiger partial charge on any atom is 0.311 e. The van der Waals surface area contributed by atoms with Gasteiger partial charge in [-0.15, -0.1) is 0 Å². The van der Waals surface area contributed by atoms with Gasteiger partial charge in [-0.25, -0.2) is 13.4 Å². The average molecular weight is 420 g/mol. The monoisotopic (exact) mass is 419 g/mol. The fraction of sp³-hybridized carbons (Fsp3) is 0.421. The van der Waals surface area contributed by atoms with Crippen LogP contribution in [-0.4, -0.2) is 42.5 Å². The van der Waals surface area contributed by atoms with Crippen molar-refractivity contribution < 1.29 is 13.3 Å². The van der Waals surface area contributed by atoms with Gasteiger partial charge in [0.1, 0.15) is 11.2 Å². The van der Waals surface area contributed by atoms with Crippen molar-refractivity contribution in [3.63, 3.8) is 0 Å². The Balaban J connectivity index is 1.82. The standard InChI is InChI=1S/C19H25N5O4S/c20-18-16(24(25)26)6-7-17(22-18)23-19(15-8-11-21-12-9-15)29(27,28)13-10-14-4-2-1-3-5-14/h1-7,15,19,21H,8-13H2,(H3,20,22,23). The number of nitrogens with two attached hydrogens (primary N) is 1. The summed E-state index contributed by atoms with van der Waals surface area (Å²) in [7, 11) is -3.51. The van der Waals surface area contributed by atoms with Gasteiger partial charge in [0, 0.05) is 6.07 Å². The van der Waals surface area contributed by atoms with Gasteiger partial charge in [0.2, 0.25) is 5.82 Å². The number of anilines is 2. The zero-order chi connectivity index (χ0) is 20.9. The number of nitrogens with one attached hydrogen (secondary N) is 2. The van der Waals surface area contributed by atoms with Gasteiger partial charge in [0.25, 0.3) is 0 Å². The molecule has 2 aromatic rings. The third-order valence-corrected chi connectivity index (χ3v) is 7.16. The number of pyridine rings is 1. The van der Waals surface area contributed by atoms with Gasteiger partial charge in [0.05, 0.1) is 10.7 Å². The Bertz CT molecular complexity index is 946. The average Bonchev–Trinajstić information content (AvgIpc) is 2.72. The summed E-state index contributed by atoms with van der Waals surface area (Å²) in [6, 6.07) is 12.1. The third kappa shape index (κ3) is 5.42. The lowest BCUT2D eigenvalue weighted by atomic mass is 9.98. The first-order chi connectivity index (χ1) is 13.9. The van der Waals surface area contributed by atoms with Crippen molar-refractivity contribution in [3.8, 4) is 0 Å². The molecule has 1 aromatic carbocycles. The molecule has 1 aromatic heterocycles. The van der Waals surface area contributed by atoms with E-state index in [1.54, 1.807) is 0 Å². The Morgan fingerprint density at radius 2 is 1.90 bits per heavy atom. The number of piperidine rings is 1. The first-order valence-corrected chi connectivity index (χ1v) is 11.2. The number of benzene rings is 1. The highest BCUT2D eigenvalue weighted by Crippen LogP contribution is 2.27. The van der Waals surface area contributed by atoms with Crippen LogP contribution in [0.4, 0.5) is 17.3 Å². The molecule has 29 heavy (non-hydrogen) atoms. The number of aryl methyl sites for hydroxylation is 1. The molecule has 1 aliphatic rings. The maximum atomic E-state index is 13.2. The molecule has 156 valence electrons. The van der Waals surface area contributed by atoms with E-state index >= 15 is 0 Å². The number of nitro groups is 1. The van der Waals surface area contributed by atoms with Gasteiger partial charge in [-0.2, -0.15) is 0 Å². The highest BCUT2D eigenvalue weighted by molar-refractivity contribution is 7.92. The molecule has 9 nitrogen and oxygen atoms in total. The summed E-state index contributed by atoms with van der Waals surface area (Å²) < 4.78 is 26.4. The van der Waals surface area contributed by atoms with Crippen LogP contribution in [-0.2, 0) is 16.3 Å². The Labute approximate surface area is 169 Å². The van der Waals surface area contributed by atoms with Crippen molar-refractivity contribution in [2.75, 3.05) is 29.9 Å². The van der Waals surface area contributed by atoms with Crippen LogP contribution < -0.4 is 16.4 Å². The second-order valence-corrected chi connectivity index (χ2v) is 9.35. The van der Waals surface area contributed by atoms with Crippen LogP contribution in [0.1, 0.15) is 18.4 Å². The van der Waals surface area contributed by atoms with Gasteiger partial charge >= 0.3 is 5.69 Å². The lowest BCUT2D eigenvalue weighted by Gasteiger charge is -2.31. The number of nitrogens with zero attached hydrogens (tertiary/aromatic N) is 2. The number of nitrogen functional groups attached to an aromatic ring is 1. The van der Waals surface area contributed by atoms with Crippen LogP contribution in [0, 0.1) is 16.0 Å². The second-order valence-electron chi connectivity index (χ2n) is 7.11. The molecule has 1 fully saturated rings. The summed E-state index contributed by atoms with van der Waals surface area (Å²) in [6.07, 6.45) is 1.84. The highest BCUT2D eigenvalue weighted by atomic mass is 32.2. The maximum absolute atomic E-state index is 13.2. The van der Waals surface area contributed by atoms with Gasteiger partial charge in [-0.1, -0.05) is 30.3 Å². The predicted octanol–water partition coefficient (Wildman–Crippen LogP) is 1.97. The normalized spacial score (nSPS) is 16.3. The number of hydrogen-bond donors (Lipinski definition) is 3. The first kappa shape index (κ1) is 21.0. The molecule has 0 radical (unpaired) electrons. The van der Waals surface area contributed by atoms with Gasteiger partial charge in [-0.3, -0.25) is 10.1 Å². The number of rotatable bonds is 8. The van der Waals surface area contributed by atoms with Crippen molar-refractivity contribution >= 4 is 27.2 Å². The molecule has 0 saturated carbocycles. The smallest absolute Gasteiger partial charge is 0.311 e. The molecule has 3 rings (SSSR count). The van der Waals surface area contributed by atoms with Crippen LogP contribution in [0.15, 0.2) is 42.5 Å². The van der Waals surface area contributed by atoms with Gasteiger partial charge in [-0.05, 0) is 49.9 Å². The molecule has 0 bridgehead atoms. The minimum Gasteiger partial charge on any atom is -0.378 e. The van der Waals surface area contributed by atoms with Crippen molar-refractivity contribution in [2.45, 2.75) is 24.6 Å². The van der Waals surface area contributed by atoms with Crippen molar-refractivity contribution in [1.29, 1.82) is 0 Å². The Hall–Kier alpha value is -2.72. The quantitative estimate of drug-likeness (QED) is 0.436. The topological polar surface area (TPSA) is 140 Å². The zero-order valence-corrected chi connectivity index (χ0v) is 16.8. The summed E-state index contributed by atoms with van der Waals surface area (Å²) >= 11 is 0. The zero-order valence-electron chi connectivity index (χ0n) is 16.0. The van der Waals surface area contributed by atoms with E-state index in [1.165, 1.54) is 12.1 Å². The first-order valence-electron chi connectivity index (χ1n) is 9.50. The summed E-state index contributed by atoms with van der Waals surface area (Å²) in [4.78, 5) is 14.3. The highest BCUT2D eigenvalue weighted by Gasteiger charge is 2.34. The molecule has 1 saturated heterocycles. The summed E-state index contributed by atoms with van der Waals surface area (Å²) in [5.74, 6) is -0.109. The lowest BCUT2D eigenvalue weighted by molar-refractivity contribution is -0.384. The molecular weight excluding hydrogens is 394 g/mol. The minimum atomic E-state index is -3.51. The molecular formula is C19H25N5O4S. The van der Waals surface area contributed by atoms with E-state index in [0.29, 0.717) is 19.3 Å². The summed E-state index contributed by atoms with van der Waals surface area (Å²) in [6.45, 7) is 1.49. The van der Waals surface area contributed by atoms with E-state index < -0.39 is 20.1 Å². The fourth-order valence-electron chi connectivity index (χ4n) is 3.53. The Kier molecular flexibility index (Phi) is 6.65. The SMILES string of the molecule is Nc1nc(NC(C2CCNCC2)S(=O)(=O)CCc2ccccc2)ccc1[N+](=O)[O-]. The molecule has 0 aliphatic carbocycles. The molecule has 0 spiro atoms. The molecule has 0 amide bonds. The van der Waals surface area contributed by atoms with Crippen LogP contribution in [0.5, 0.6) is 0 Å². The van der Waals surface area contributed by atoms with Crippen molar-refractivity contribution in [3.05, 3.63) is 58.1 Å². The van der Waals surface area contributed by atoms with E-state index in [-0.39, 0.29) is 29.0 Å². The number of sulfone groups is 1. The molecule has 1 aliphatic heterocycles. The largest absolute Gasteiger partial charge is 0.378 e. The second kappa shape index (κ2) is 9.19. The summed E-state index contributed by atoms with van der Waals surface area (Å²) in [5.41, 5.74) is 6.32. The van der Waals surface area contributed by atoms with Crippen molar-refractivity contribution in [2.24, 2.45) is 5.92 Å². The van der Waals surface area contributed by atoms with E-state index in [0.717, 1.165) is 18.7 Å². The molecule has 1 atom stereocenters. The molecule has 2 heterocycles. The van der Waals surface area contributed by atoms with Gasteiger partial charge in [0.15, 0.2) is 9.84 Å². The minimum absolute atomic E-state index is 0.00106. The molecule has 10 heteroatoms. The van der Waals surface area contributed by atoms with Crippen LogP contribution in [0.25, 0.3) is 0 Å². The van der Waals surface area contributed by atoms with Crippen LogP contribution >= 0.6 is 0 Å². The van der Waals surface area contributed by atoms with Gasteiger partial charge < -0.3 is 16.4 Å². The van der Waals surface area contributed by atoms with E-state index in [1.807, 2.05) is 30.3 Å². The van der Waals surface area contributed by atoms with Crippen molar-refractivity contribution in [1.82, 2.24) is 10.3 Å². The van der Waals surface area contributed by atoms with Crippen LogP contribution in [0.3, 0.4) is 0 Å². The van der Waals surface area contributed by atoms with E-state index in [2.05, 4.69) is 15.6 Å². The number of hydrogen-bond acceptors (Lipinski definition) is 8. The van der Waals surface area contributed by atoms with E-state index in [9.17, 15) is 18.5 Å². The lowest BCUT2D eigenvalue weighted by Crippen LogP contribution is -2.43. The Morgan fingerprint density at radius 1 is 1.21 bits per heavy atom. The third-order valence-electron chi connectivity index (χ3n) is 5.11. The van der Waals surface area contributed by atoms with E-state index in [4.69, 9.17) is 5.73 Å². The Morgan fingerprint density at radius 3 is 2.52 bits per heavy atom. The van der Waals surface area contributed by atoms with Crippen LogP contribution in [0.2, 0.25) is 0 Å². The number of aromatic nitrogens is 1. The predicted molar refractivity (Wildman–Crippen MR) is 112 cm³/mol.